The predicted octanol–water partition coefficient (Wildman–Crippen LogP) is 5.50. The third-order valence-corrected chi connectivity index (χ3v) is 3.48. The molecular weight excluding hydrogens is 357 g/mol. The van der Waals surface area contributed by atoms with Gasteiger partial charge < -0.3 is 9.73 Å². The number of benzene rings is 2. The molecule has 0 aliphatic carbocycles. The van der Waals surface area contributed by atoms with Crippen LogP contribution >= 0.6 is 0 Å². The number of rotatable bonds is 3. The number of hydrogen-bond acceptors (Lipinski definition) is 2. The molecule has 3 rings (SSSR count). The predicted molar refractivity (Wildman–Crippen MR) is 83.5 cm³/mol. The molecule has 0 aliphatic heterocycles. The van der Waals surface area contributed by atoms with E-state index in [0.29, 0.717) is 0 Å². The van der Waals surface area contributed by atoms with Crippen LogP contribution in [0.25, 0.3) is 11.3 Å². The number of furan rings is 1. The minimum absolute atomic E-state index is 0.0287. The second-order valence-corrected chi connectivity index (χ2v) is 5.32. The summed E-state index contributed by atoms with van der Waals surface area (Å²) < 4.78 is 70.2. The fourth-order valence-electron chi connectivity index (χ4n) is 2.24. The van der Waals surface area contributed by atoms with Crippen LogP contribution in [0.5, 0.6) is 0 Å². The largest absolute Gasteiger partial charge is 0.451 e. The zero-order valence-corrected chi connectivity index (χ0v) is 12.9. The van der Waals surface area contributed by atoms with Gasteiger partial charge in [0.05, 0.1) is 11.3 Å². The van der Waals surface area contributed by atoms with Gasteiger partial charge in [0.2, 0.25) is 0 Å². The summed E-state index contributed by atoms with van der Waals surface area (Å²) in [7, 11) is 0. The molecule has 134 valence electrons. The molecule has 3 aromatic rings. The summed E-state index contributed by atoms with van der Waals surface area (Å²) in [6.07, 6.45) is -4.52. The van der Waals surface area contributed by atoms with Gasteiger partial charge in [0, 0.05) is 11.6 Å². The maximum atomic E-state index is 13.6. The van der Waals surface area contributed by atoms with E-state index in [4.69, 9.17) is 4.42 Å². The zero-order chi connectivity index (χ0) is 18.9. The first-order chi connectivity index (χ1) is 12.2. The van der Waals surface area contributed by atoms with Crippen LogP contribution in [0.2, 0.25) is 0 Å². The highest BCUT2D eigenvalue weighted by atomic mass is 19.4. The topological polar surface area (TPSA) is 42.2 Å². The van der Waals surface area contributed by atoms with E-state index in [1.54, 1.807) is 0 Å². The maximum Gasteiger partial charge on any atom is 0.416 e. The van der Waals surface area contributed by atoms with E-state index in [-0.39, 0.29) is 22.8 Å². The highest BCUT2D eigenvalue weighted by Crippen LogP contribution is 2.32. The van der Waals surface area contributed by atoms with Gasteiger partial charge in [-0.2, -0.15) is 13.2 Å². The van der Waals surface area contributed by atoms with Crippen molar-refractivity contribution in [2.75, 3.05) is 5.32 Å². The average Bonchev–Trinajstić information content (AvgIpc) is 3.08. The van der Waals surface area contributed by atoms with Crippen LogP contribution in [0.3, 0.4) is 0 Å². The molecule has 1 aromatic heterocycles. The van der Waals surface area contributed by atoms with Crippen molar-refractivity contribution in [3.05, 3.63) is 77.6 Å². The minimum atomic E-state index is -4.52. The Bertz CT molecular complexity index is 962. The van der Waals surface area contributed by atoms with Crippen LogP contribution in [0.1, 0.15) is 16.1 Å². The number of carbonyl (C=O) groups is 1. The first kappa shape index (κ1) is 17.7. The molecule has 1 amide bonds. The third kappa shape index (κ3) is 3.74. The van der Waals surface area contributed by atoms with Crippen molar-refractivity contribution in [3.63, 3.8) is 0 Å². The summed E-state index contributed by atoms with van der Waals surface area (Å²) in [5.74, 6) is -2.69. The number of nitrogens with one attached hydrogen (secondary N) is 1. The second-order valence-electron chi connectivity index (χ2n) is 5.32. The number of hydrogen-bond donors (Lipinski definition) is 1. The van der Waals surface area contributed by atoms with E-state index in [9.17, 15) is 26.7 Å². The molecule has 0 saturated carbocycles. The smallest absolute Gasteiger partial charge is 0.416 e. The Labute approximate surface area is 144 Å². The summed E-state index contributed by atoms with van der Waals surface area (Å²) in [6, 6.07) is 9.47. The lowest BCUT2D eigenvalue weighted by Crippen LogP contribution is -2.12. The highest BCUT2D eigenvalue weighted by molar-refractivity contribution is 6.02. The molecule has 0 bridgehead atoms. The molecule has 0 aliphatic rings. The molecule has 0 spiro atoms. The van der Waals surface area contributed by atoms with E-state index in [2.05, 4.69) is 5.32 Å². The fraction of sp³-hybridized carbons (Fsp3) is 0.0556. The lowest BCUT2D eigenvalue weighted by atomic mass is 10.1. The van der Waals surface area contributed by atoms with Gasteiger partial charge >= 0.3 is 6.18 Å². The van der Waals surface area contributed by atoms with Crippen molar-refractivity contribution in [2.24, 2.45) is 0 Å². The zero-order valence-electron chi connectivity index (χ0n) is 12.9. The van der Waals surface area contributed by atoms with Crippen molar-refractivity contribution in [3.8, 4) is 11.3 Å². The van der Waals surface area contributed by atoms with E-state index in [0.717, 1.165) is 30.3 Å². The van der Waals surface area contributed by atoms with Crippen LogP contribution in [0.15, 0.2) is 59.0 Å². The molecular formula is C18H10F5NO2. The number of amides is 1. The van der Waals surface area contributed by atoms with Crippen LogP contribution in [-0.2, 0) is 6.18 Å². The molecule has 0 unspecified atom stereocenters. The number of anilines is 1. The highest BCUT2D eigenvalue weighted by Gasteiger charge is 2.30. The summed E-state index contributed by atoms with van der Waals surface area (Å²) in [5, 5.41) is 2.14. The number of halogens is 5. The Hall–Kier alpha value is -3.16. The van der Waals surface area contributed by atoms with Crippen LogP contribution < -0.4 is 5.32 Å². The van der Waals surface area contributed by atoms with Gasteiger partial charge in [-0.15, -0.1) is 0 Å². The molecule has 3 nitrogen and oxygen atoms in total. The first-order valence-electron chi connectivity index (χ1n) is 7.28. The normalized spacial score (nSPS) is 11.4. The summed E-state index contributed by atoms with van der Waals surface area (Å²) in [4.78, 5) is 12.1. The lowest BCUT2D eigenvalue weighted by Gasteiger charge is -2.07. The molecule has 0 atom stereocenters. The van der Waals surface area contributed by atoms with Crippen molar-refractivity contribution >= 4 is 11.6 Å². The van der Waals surface area contributed by atoms with Crippen molar-refractivity contribution < 1.29 is 31.2 Å². The number of alkyl halides is 3. The Morgan fingerprint density at radius 2 is 1.73 bits per heavy atom. The Balaban J connectivity index is 1.84. The minimum Gasteiger partial charge on any atom is -0.451 e. The molecule has 8 heteroatoms. The van der Waals surface area contributed by atoms with Gasteiger partial charge in [0.15, 0.2) is 5.76 Å². The standard InChI is InChI=1S/C18H10F5NO2/c19-12-4-5-13(20)14(9-12)24-17(25)16-7-6-15(26-16)10-2-1-3-11(8-10)18(21,22)23/h1-9H,(H,24,25). The van der Waals surface area contributed by atoms with Gasteiger partial charge in [-0.3, -0.25) is 4.79 Å². The Kier molecular flexibility index (Phi) is 4.50. The molecule has 0 radical (unpaired) electrons. The Morgan fingerprint density at radius 3 is 2.46 bits per heavy atom. The van der Waals surface area contributed by atoms with Gasteiger partial charge in [-0.05, 0) is 36.4 Å². The molecule has 1 N–H and O–H groups in total. The quantitative estimate of drug-likeness (QED) is 0.622. The van der Waals surface area contributed by atoms with Crippen molar-refractivity contribution in [2.45, 2.75) is 6.18 Å². The van der Waals surface area contributed by atoms with Gasteiger partial charge in [0.1, 0.15) is 17.4 Å². The average molecular weight is 367 g/mol. The van der Waals surface area contributed by atoms with Gasteiger partial charge in [-0.1, -0.05) is 12.1 Å². The summed E-state index contributed by atoms with van der Waals surface area (Å²) in [6.45, 7) is 0. The molecule has 1 heterocycles. The third-order valence-electron chi connectivity index (χ3n) is 3.48. The van der Waals surface area contributed by atoms with Crippen molar-refractivity contribution in [1.82, 2.24) is 0 Å². The van der Waals surface area contributed by atoms with Crippen LogP contribution in [0, 0.1) is 11.6 Å². The monoisotopic (exact) mass is 367 g/mol. The molecule has 0 saturated heterocycles. The van der Waals surface area contributed by atoms with Gasteiger partial charge in [0.25, 0.3) is 5.91 Å². The van der Waals surface area contributed by atoms with E-state index >= 15 is 0 Å². The first-order valence-corrected chi connectivity index (χ1v) is 7.28. The van der Waals surface area contributed by atoms with Crippen LogP contribution in [-0.4, -0.2) is 5.91 Å². The molecule has 0 fully saturated rings. The van der Waals surface area contributed by atoms with E-state index < -0.39 is 29.3 Å². The molecule has 26 heavy (non-hydrogen) atoms. The van der Waals surface area contributed by atoms with E-state index in [1.807, 2.05) is 0 Å². The second kappa shape index (κ2) is 6.62. The maximum absolute atomic E-state index is 13.6. The van der Waals surface area contributed by atoms with Crippen molar-refractivity contribution in [1.29, 1.82) is 0 Å². The van der Waals surface area contributed by atoms with Crippen LogP contribution in [0.4, 0.5) is 27.6 Å². The summed E-state index contributed by atoms with van der Waals surface area (Å²) >= 11 is 0. The Morgan fingerprint density at radius 1 is 0.962 bits per heavy atom. The number of carbonyl (C=O) groups excluding carboxylic acids is 1. The van der Waals surface area contributed by atoms with E-state index in [1.165, 1.54) is 24.3 Å². The SMILES string of the molecule is O=C(Nc1cc(F)ccc1F)c1ccc(-c2cccc(C(F)(F)F)c2)o1. The summed E-state index contributed by atoms with van der Waals surface area (Å²) in [5.41, 5.74) is -1.12. The molecule has 2 aromatic carbocycles. The van der Waals surface area contributed by atoms with Gasteiger partial charge in [-0.25, -0.2) is 8.78 Å². The fourth-order valence-corrected chi connectivity index (χ4v) is 2.24. The lowest BCUT2D eigenvalue weighted by molar-refractivity contribution is -0.137.